The van der Waals surface area contributed by atoms with Crippen LogP contribution in [0.3, 0.4) is 0 Å². The SMILES string of the molecule is CCC1CCN(C(=O)Nc2ccc(C(=O)O)nc2)C1. The molecule has 1 aliphatic rings. The summed E-state index contributed by atoms with van der Waals surface area (Å²) < 4.78 is 0. The van der Waals surface area contributed by atoms with E-state index < -0.39 is 5.97 Å². The minimum atomic E-state index is -1.08. The van der Waals surface area contributed by atoms with Crippen LogP contribution >= 0.6 is 0 Å². The van der Waals surface area contributed by atoms with E-state index >= 15 is 0 Å². The number of aromatic carboxylic acids is 1. The molecule has 1 aliphatic heterocycles. The molecule has 6 nitrogen and oxygen atoms in total. The maximum absolute atomic E-state index is 12.0. The molecule has 2 rings (SSSR count). The molecule has 0 radical (unpaired) electrons. The van der Waals surface area contributed by atoms with E-state index in [0.29, 0.717) is 11.6 Å². The molecule has 1 atom stereocenters. The first kappa shape index (κ1) is 13.3. The molecule has 2 amide bonds. The Hall–Kier alpha value is -2.11. The zero-order chi connectivity index (χ0) is 13.8. The number of pyridine rings is 1. The lowest BCUT2D eigenvalue weighted by Crippen LogP contribution is -2.33. The van der Waals surface area contributed by atoms with Crippen molar-refractivity contribution in [3.63, 3.8) is 0 Å². The van der Waals surface area contributed by atoms with Gasteiger partial charge in [-0.1, -0.05) is 13.3 Å². The largest absolute Gasteiger partial charge is 0.477 e. The van der Waals surface area contributed by atoms with E-state index in [1.807, 2.05) is 0 Å². The van der Waals surface area contributed by atoms with Crippen molar-refractivity contribution in [2.24, 2.45) is 5.92 Å². The van der Waals surface area contributed by atoms with E-state index in [9.17, 15) is 9.59 Å². The minimum absolute atomic E-state index is 0.0368. The highest BCUT2D eigenvalue weighted by molar-refractivity contribution is 5.90. The number of carboxylic acid groups (broad SMARTS) is 1. The summed E-state index contributed by atoms with van der Waals surface area (Å²) >= 11 is 0. The quantitative estimate of drug-likeness (QED) is 0.874. The summed E-state index contributed by atoms with van der Waals surface area (Å²) in [6, 6.07) is 2.76. The number of amides is 2. The van der Waals surface area contributed by atoms with Gasteiger partial charge in [0.25, 0.3) is 0 Å². The van der Waals surface area contributed by atoms with Gasteiger partial charge in [0.15, 0.2) is 0 Å². The van der Waals surface area contributed by atoms with Crippen LogP contribution in [0.1, 0.15) is 30.3 Å². The number of urea groups is 1. The van der Waals surface area contributed by atoms with E-state index in [0.717, 1.165) is 25.9 Å². The molecule has 1 aromatic heterocycles. The first-order chi connectivity index (χ1) is 9.10. The summed E-state index contributed by atoms with van der Waals surface area (Å²) in [6.07, 6.45) is 3.48. The van der Waals surface area contributed by atoms with E-state index in [4.69, 9.17) is 5.11 Å². The van der Waals surface area contributed by atoms with Crippen LogP contribution in [0.5, 0.6) is 0 Å². The number of hydrogen-bond acceptors (Lipinski definition) is 3. The van der Waals surface area contributed by atoms with Gasteiger partial charge in [-0.2, -0.15) is 0 Å². The zero-order valence-corrected chi connectivity index (χ0v) is 10.8. The van der Waals surface area contributed by atoms with Crippen LogP contribution in [0.2, 0.25) is 0 Å². The lowest BCUT2D eigenvalue weighted by atomic mass is 10.1. The number of hydrogen-bond donors (Lipinski definition) is 2. The van der Waals surface area contributed by atoms with Gasteiger partial charge in [0, 0.05) is 13.1 Å². The van der Waals surface area contributed by atoms with Crippen molar-refractivity contribution in [3.8, 4) is 0 Å². The second-order valence-electron chi connectivity index (χ2n) is 4.68. The number of carbonyl (C=O) groups excluding carboxylic acids is 1. The number of aromatic nitrogens is 1. The highest BCUT2D eigenvalue weighted by Gasteiger charge is 2.24. The fourth-order valence-electron chi connectivity index (χ4n) is 2.15. The number of rotatable bonds is 3. The molecule has 0 saturated carbocycles. The molecule has 0 aliphatic carbocycles. The zero-order valence-electron chi connectivity index (χ0n) is 10.8. The lowest BCUT2D eigenvalue weighted by molar-refractivity contribution is 0.0690. The maximum Gasteiger partial charge on any atom is 0.354 e. The Bertz CT molecular complexity index is 473. The van der Waals surface area contributed by atoms with E-state index in [2.05, 4.69) is 17.2 Å². The van der Waals surface area contributed by atoms with Gasteiger partial charge in [-0.05, 0) is 24.5 Å². The molecule has 1 saturated heterocycles. The van der Waals surface area contributed by atoms with Crippen LogP contribution in [0, 0.1) is 5.92 Å². The number of anilines is 1. The molecule has 6 heteroatoms. The van der Waals surface area contributed by atoms with Crippen LogP contribution in [0.4, 0.5) is 10.5 Å². The maximum atomic E-state index is 12.0. The first-order valence-electron chi connectivity index (χ1n) is 6.35. The molecule has 0 aromatic carbocycles. The molecular weight excluding hydrogens is 246 g/mol. The van der Waals surface area contributed by atoms with Crippen LogP contribution in [-0.4, -0.2) is 40.1 Å². The summed E-state index contributed by atoms with van der Waals surface area (Å²) in [6.45, 7) is 3.68. The highest BCUT2D eigenvalue weighted by Crippen LogP contribution is 2.19. The van der Waals surface area contributed by atoms with E-state index in [-0.39, 0.29) is 11.7 Å². The fourth-order valence-corrected chi connectivity index (χ4v) is 2.15. The topological polar surface area (TPSA) is 82.5 Å². The Kier molecular flexibility index (Phi) is 3.99. The molecule has 1 fully saturated rings. The minimum Gasteiger partial charge on any atom is -0.477 e. The third-order valence-corrected chi connectivity index (χ3v) is 3.38. The molecular formula is C13H17N3O3. The first-order valence-corrected chi connectivity index (χ1v) is 6.35. The van der Waals surface area contributed by atoms with Gasteiger partial charge in [-0.15, -0.1) is 0 Å². The molecule has 1 aromatic rings. The van der Waals surface area contributed by atoms with Crippen LogP contribution in [0.25, 0.3) is 0 Å². The van der Waals surface area contributed by atoms with Crippen molar-refractivity contribution in [1.29, 1.82) is 0 Å². The van der Waals surface area contributed by atoms with Crippen molar-refractivity contribution in [2.45, 2.75) is 19.8 Å². The van der Waals surface area contributed by atoms with Crippen molar-refractivity contribution >= 4 is 17.7 Å². The predicted molar refractivity (Wildman–Crippen MR) is 70.2 cm³/mol. The van der Waals surface area contributed by atoms with Gasteiger partial charge in [0.05, 0.1) is 11.9 Å². The molecule has 2 heterocycles. The number of carbonyl (C=O) groups is 2. The van der Waals surface area contributed by atoms with Gasteiger partial charge in [-0.3, -0.25) is 0 Å². The summed E-state index contributed by atoms with van der Waals surface area (Å²) in [5.74, 6) is -0.499. The summed E-state index contributed by atoms with van der Waals surface area (Å²) in [7, 11) is 0. The molecule has 0 spiro atoms. The van der Waals surface area contributed by atoms with E-state index in [1.54, 1.807) is 11.0 Å². The number of nitrogens with zero attached hydrogens (tertiary/aromatic N) is 2. The summed E-state index contributed by atoms with van der Waals surface area (Å²) in [4.78, 5) is 28.2. The van der Waals surface area contributed by atoms with Crippen LogP contribution in [0.15, 0.2) is 18.3 Å². The summed E-state index contributed by atoms with van der Waals surface area (Å²) in [5, 5.41) is 11.5. The third kappa shape index (κ3) is 3.21. The highest BCUT2D eigenvalue weighted by atomic mass is 16.4. The lowest BCUT2D eigenvalue weighted by Gasteiger charge is -2.17. The Morgan fingerprint density at radius 1 is 1.53 bits per heavy atom. The predicted octanol–water partition coefficient (Wildman–Crippen LogP) is 2.04. The fraction of sp³-hybridized carbons (Fsp3) is 0.462. The van der Waals surface area contributed by atoms with Crippen LogP contribution in [-0.2, 0) is 0 Å². The van der Waals surface area contributed by atoms with Gasteiger partial charge in [0.1, 0.15) is 5.69 Å². The molecule has 1 unspecified atom stereocenters. The van der Waals surface area contributed by atoms with Crippen LogP contribution < -0.4 is 5.32 Å². The average molecular weight is 263 g/mol. The third-order valence-electron chi connectivity index (χ3n) is 3.38. The molecule has 0 bridgehead atoms. The molecule has 2 N–H and O–H groups in total. The molecule has 19 heavy (non-hydrogen) atoms. The smallest absolute Gasteiger partial charge is 0.354 e. The standard InChI is InChI=1S/C13H17N3O3/c1-2-9-5-6-16(8-9)13(19)15-10-3-4-11(12(17)18)14-7-10/h3-4,7,9H,2,5-6,8H2,1H3,(H,15,19)(H,17,18). The Morgan fingerprint density at radius 3 is 2.84 bits per heavy atom. The van der Waals surface area contributed by atoms with Gasteiger partial charge >= 0.3 is 12.0 Å². The van der Waals surface area contributed by atoms with Crippen molar-refractivity contribution in [2.75, 3.05) is 18.4 Å². The van der Waals surface area contributed by atoms with Crippen molar-refractivity contribution in [3.05, 3.63) is 24.0 Å². The Balaban J connectivity index is 1.94. The Labute approximate surface area is 111 Å². The second-order valence-corrected chi connectivity index (χ2v) is 4.68. The number of likely N-dealkylation sites (tertiary alicyclic amines) is 1. The monoisotopic (exact) mass is 263 g/mol. The molecule has 102 valence electrons. The number of carboxylic acids is 1. The second kappa shape index (κ2) is 5.69. The van der Waals surface area contributed by atoms with Gasteiger partial charge < -0.3 is 15.3 Å². The summed E-state index contributed by atoms with van der Waals surface area (Å²) in [5.41, 5.74) is 0.472. The number of nitrogens with one attached hydrogen (secondary N) is 1. The van der Waals surface area contributed by atoms with Crippen molar-refractivity contribution < 1.29 is 14.7 Å². The van der Waals surface area contributed by atoms with E-state index in [1.165, 1.54) is 12.3 Å². The van der Waals surface area contributed by atoms with Gasteiger partial charge in [-0.25, -0.2) is 14.6 Å². The average Bonchev–Trinajstić information content (AvgIpc) is 2.88. The van der Waals surface area contributed by atoms with Crippen molar-refractivity contribution in [1.82, 2.24) is 9.88 Å². The van der Waals surface area contributed by atoms with Gasteiger partial charge in [0.2, 0.25) is 0 Å². The Morgan fingerprint density at radius 2 is 2.32 bits per heavy atom. The normalized spacial score (nSPS) is 18.4.